The van der Waals surface area contributed by atoms with Crippen LogP contribution in [0.4, 0.5) is 5.69 Å². The van der Waals surface area contributed by atoms with Crippen molar-refractivity contribution >= 4 is 27.5 Å². The molecular formula is C19H27N3O4S. The number of anilines is 1. The lowest BCUT2D eigenvalue weighted by Crippen LogP contribution is -2.42. The van der Waals surface area contributed by atoms with Crippen molar-refractivity contribution in [3.8, 4) is 0 Å². The first-order valence-electron chi connectivity index (χ1n) is 9.47. The number of benzene rings is 1. The van der Waals surface area contributed by atoms with Crippen molar-refractivity contribution in [1.82, 2.24) is 9.62 Å². The first-order chi connectivity index (χ1) is 12.8. The van der Waals surface area contributed by atoms with Crippen LogP contribution in [0.15, 0.2) is 23.1 Å². The van der Waals surface area contributed by atoms with Crippen molar-refractivity contribution in [2.45, 2.75) is 56.9 Å². The molecule has 0 saturated heterocycles. The third kappa shape index (κ3) is 4.32. The fourth-order valence-electron chi connectivity index (χ4n) is 4.07. The van der Waals surface area contributed by atoms with Gasteiger partial charge in [0.1, 0.15) is 0 Å². The van der Waals surface area contributed by atoms with Gasteiger partial charge in [0.25, 0.3) is 0 Å². The van der Waals surface area contributed by atoms with Gasteiger partial charge in [0.05, 0.1) is 4.90 Å². The van der Waals surface area contributed by atoms with E-state index < -0.39 is 10.0 Å². The molecule has 1 saturated carbocycles. The van der Waals surface area contributed by atoms with E-state index in [0.29, 0.717) is 19.5 Å². The molecule has 1 fully saturated rings. The monoisotopic (exact) mass is 393 g/mol. The first kappa shape index (κ1) is 19.8. The highest BCUT2D eigenvalue weighted by Crippen LogP contribution is 2.30. The van der Waals surface area contributed by atoms with E-state index in [1.807, 2.05) is 0 Å². The molecule has 0 unspecified atom stereocenters. The maximum Gasteiger partial charge on any atom is 0.240 e. The predicted molar refractivity (Wildman–Crippen MR) is 103 cm³/mol. The number of hydrogen-bond donors (Lipinski definition) is 1. The van der Waals surface area contributed by atoms with Crippen LogP contribution in [0.25, 0.3) is 0 Å². The maximum atomic E-state index is 12.6. The molecule has 8 heteroatoms. The molecule has 1 N–H and O–H groups in total. The Labute approximate surface area is 160 Å². The van der Waals surface area contributed by atoms with Crippen LogP contribution < -0.4 is 9.62 Å². The molecule has 0 bridgehead atoms. The van der Waals surface area contributed by atoms with E-state index in [4.69, 9.17) is 0 Å². The van der Waals surface area contributed by atoms with Gasteiger partial charge in [0.15, 0.2) is 0 Å². The number of hydrogen-bond acceptors (Lipinski definition) is 4. The van der Waals surface area contributed by atoms with Crippen molar-refractivity contribution in [2.75, 3.05) is 24.5 Å². The van der Waals surface area contributed by atoms with Crippen LogP contribution in [-0.4, -0.2) is 50.8 Å². The number of carbonyl (C=O) groups excluding carboxylic acids is 2. The Kier molecular flexibility index (Phi) is 5.86. The van der Waals surface area contributed by atoms with Gasteiger partial charge < -0.3 is 9.80 Å². The van der Waals surface area contributed by atoms with Gasteiger partial charge in [-0.15, -0.1) is 0 Å². The predicted octanol–water partition coefficient (Wildman–Crippen LogP) is 1.67. The number of nitrogens with one attached hydrogen (secondary N) is 1. The van der Waals surface area contributed by atoms with Gasteiger partial charge in [-0.3, -0.25) is 9.59 Å². The van der Waals surface area contributed by atoms with Gasteiger partial charge in [-0.25, -0.2) is 13.1 Å². The Balaban J connectivity index is 1.65. The van der Waals surface area contributed by atoms with Crippen molar-refractivity contribution in [3.05, 3.63) is 23.8 Å². The van der Waals surface area contributed by atoms with Crippen LogP contribution >= 0.6 is 0 Å². The molecule has 148 valence electrons. The highest BCUT2D eigenvalue weighted by molar-refractivity contribution is 7.89. The van der Waals surface area contributed by atoms with Crippen LogP contribution in [-0.2, 0) is 26.0 Å². The number of amides is 2. The Bertz CT molecular complexity index is 831. The minimum atomic E-state index is -3.66. The number of rotatable bonds is 6. The van der Waals surface area contributed by atoms with Gasteiger partial charge >= 0.3 is 0 Å². The molecule has 0 atom stereocenters. The zero-order valence-electron chi connectivity index (χ0n) is 15.9. The molecule has 1 aromatic rings. The Hall–Kier alpha value is -1.93. The molecular weight excluding hydrogens is 366 g/mol. The van der Waals surface area contributed by atoms with E-state index in [1.54, 1.807) is 21.9 Å². The van der Waals surface area contributed by atoms with Crippen LogP contribution in [0.3, 0.4) is 0 Å². The SMILES string of the molecule is CC(=O)N1CCc2cc(S(=O)(=O)NCCN(C(C)=O)C3CCCC3)ccc21. The van der Waals surface area contributed by atoms with Gasteiger partial charge in [-0.1, -0.05) is 12.8 Å². The fourth-order valence-corrected chi connectivity index (χ4v) is 5.14. The van der Waals surface area contributed by atoms with E-state index in [-0.39, 0.29) is 29.3 Å². The minimum absolute atomic E-state index is 0.0112. The fraction of sp³-hybridized carbons (Fsp3) is 0.579. The average Bonchev–Trinajstić information content (AvgIpc) is 3.27. The molecule has 3 rings (SSSR count). The summed E-state index contributed by atoms with van der Waals surface area (Å²) in [5.41, 5.74) is 1.65. The maximum absolute atomic E-state index is 12.6. The second kappa shape index (κ2) is 7.98. The summed E-state index contributed by atoms with van der Waals surface area (Å²) in [4.78, 5) is 27.1. The molecule has 1 aromatic carbocycles. The minimum Gasteiger partial charge on any atom is -0.339 e. The van der Waals surface area contributed by atoms with Gasteiger partial charge in [-0.05, 0) is 43.0 Å². The summed E-state index contributed by atoms with van der Waals surface area (Å²) in [6, 6.07) is 5.09. The van der Waals surface area contributed by atoms with E-state index in [2.05, 4.69) is 4.72 Å². The molecule has 0 aromatic heterocycles. The van der Waals surface area contributed by atoms with E-state index >= 15 is 0 Å². The lowest BCUT2D eigenvalue weighted by atomic mass is 10.2. The highest BCUT2D eigenvalue weighted by atomic mass is 32.2. The van der Waals surface area contributed by atoms with E-state index in [0.717, 1.165) is 36.9 Å². The Morgan fingerprint density at radius 2 is 1.93 bits per heavy atom. The third-order valence-electron chi connectivity index (χ3n) is 5.45. The van der Waals surface area contributed by atoms with Crippen LogP contribution in [0.2, 0.25) is 0 Å². The average molecular weight is 394 g/mol. The van der Waals surface area contributed by atoms with E-state index in [9.17, 15) is 18.0 Å². The molecule has 2 amide bonds. The largest absolute Gasteiger partial charge is 0.339 e. The summed E-state index contributed by atoms with van der Waals surface area (Å²) in [5, 5.41) is 0. The van der Waals surface area contributed by atoms with Crippen molar-refractivity contribution in [1.29, 1.82) is 0 Å². The van der Waals surface area contributed by atoms with Gasteiger partial charge in [-0.2, -0.15) is 0 Å². The number of fused-ring (bicyclic) bond motifs is 1. The second-order valence-electron chi connectivity index (χ2n) is 7.26. The number of sulfonamides is 1. The van der Waals surface area contributed by atoms with Gasteiger partial charge in [0.2, 0.25) is 21.8 Å². The smallest absolute Gasteiger partial charge is 0.240 e. The van der Waals surface area contributed by atoms with E-state index in [1.165, 1.54) is 19.9 Å². The molecule has 0 radical (unpaired) electrons. The molecule has 2 aliphatic rings. The van der Waals surface area contributed by atoms with Crippen LogP contribution in [0, 0.1) is 0 Å². The van der Waals surface area contributed by atoms with Crippen molar-refractivity contribution in [2.24, 2.45) is 0 Å². The van der Waals surface area contributed by atoms with Crippen LogP contribution in [0.5, 0.6) is 0 Å². The number of carbonyl (C=O) groups is 2. The third-order valence-corrected chi connectivity index (χ3v) is 6.91. The summed E-state index contributed by atoms with van der Waals surface area (Å²) >= 11 is 0. The lowest BCUT2D eigenvalue weighted by molar-refractivity contribution is -0.131. The molecule has 27 heavy (non-hydrogen) atoms. The summed E-state index contributed by atoms with van der Waals surface area (Å²) in [6.45, 7) is 4.19. The summed E-state index contributed by atoms with van der Waals surface area (Å²) in [6.07, 6.45) is 4.87. The van der Waals surface area contributed by atoms with Crippen molar-refractivity contribution < 1.29 is 18.0 Å². The molecule has 1 aliphatic heterocycles. The highest BCUT2D eigenvalue weighted by Gasteiger charge is 2.26. The normalized spacial score (nSPS) is 17.2. The standard InChI is InChI=1S/C19H27N3O4S/c1-14(23)21(17-5-3-4-6-17)12-10-20-27(25,26)18-7-8-19-16(13-18)9-11-22(19)15(2)24/h7-8,13,17,20H,3-6,9-12H2,1-2H3. The van der Waals surface area contributed by atoms with Gasteiger partial charge in [0, 0.05) is 45.2 Å². The zero-order chi connectivity index (χ0) is 19.6. The Morgan fingerprint density at radius 1 is 1.22 bits per heavy atom. The Morgan fingerprint density at radius 3 is 2.56 bits per heavy atom. The molecule has 7 nitrogen and oxygen atoms in total. The topological polar surface area (TPSA) is 86.8 Å². The first-order valence-corrected chi connectivity index (χ1v) is 11.0. The summed E-state index contributed by atoms with van der Waals surface area (Å²) in [5.74, 6) is -0.0540. The molecule has 0 spiro atoms. The summed E-state index contributed by atoms with van der Waals surface area (Å²) < 4.78 is 27.9. The number of nitrogens with zero attached hydrogens (tertiary/aromatic N) is 2. The lowest BCUT2D eigenvalue weighted by Gasteiger charge is -2.27. The second-order valence-corrected chi connectivity index (χ2v) is 9.03. The summed E-state index contributed by atoms with van der Waals surface area (Å²) in [7, 11) is -3.66. The quantitative estimate of drug-likeness (QED) is 0.796. The molecule has 1 heterocycles. The molecule has 1 aliphatic carbocycles. The van der Waals surface area contributed by atoms with Crippen molar-refractivity contribution in [3.63, 3.8) is 0 Å². The zero-order valence-corrected chi connectivity index (χ0v) is 16.7. The van der Waals surface area contributed by atoms with Crippen LogP contribution in [0.1, 0.15) is 45.1 Å².